The molecule has 104 valence electrons. The molecule has 3 N–H and O–H groups in total. The summed E-state index contributed by atoms with van der Waals surface area (Å²) in [4.78, 5) is 12.3. The SMILES string of the molecule is CC1(NC(=O)c2cc(N)cc(Cl)c2Cl)CCOCC1. The Morgan fingerprint density at radius 1 is 1.37 bits per heavy atom. The molecule has 0 atom stereocenters. The lowest BCUT2D eigenvalue weighted by Crippen LogP contribution is -2.49. The Kier molecular flexibility index (Phi) is 4.23. The first-order valence-corrected chi connectivity index (χ1v) is 6.82. The van der Waals surface area contributed by atoms with Crippen LogP contribution in [0.1, 0.15) is 30.1 Å². The Morgan fingerprint density at radius 2 is 2.00 bits per heavy atom. The summed E-state index contributed by atoms with van der Waals surface area (Å²) in [6.07, 6.45) is 1.54. The molecule has 0 aliphatic carbocycles. The zero-order valence-electron chi connectivity index (χ0n) is 10.6. The van der Waals surface area contributed by atoms with Gasteiger partial charge in [0.05, 0.1) is 15.6 Å². The van der Waals surface area contributed by atoms with E-state index in [0.717, 1.165) is 12.8 Å². The number of carbonyl (C=O) groups excluding carboxylic acids is 1. The molecular weight excluding hydrogens is 287 g/mol. The second-order valence-electron chi connectivity index (χ2n) is 4.99. The number of nitrogens with two attached hydrogens (primary N) is 1. The van der Waals surface area contributed by atoms with Crippen molar-refractivity contribution in [3.63, 3.8) is 0 Å². The molecule has 0 unspecified atom stereocenters. The summed E-state index contributed by atoms with van der Waals surface area (Å²) in [7, 11) is 0. The van der Waals surface area contributed by atoms with Crippen LogP contribution in [0.2, 0.25) is 10.0 Å². The Hall–Kier alpha value is -0.970. The minimum absolute atomic E-state index is 0.226. The van der Waals surface area contributed by atoms with Gasteiger partial charge in [0, 0.05) is 24.4 Å². The highest BCUT2D eigenvalue weighted by Gasteiger charge is 2.30. The van der Waals surface area contributed by atoms with Crippen LogP contribution < -0.4 is 11.1 Å². The van der Waals surface area contributed by atoms with Crippen LogP contribution in [-0.2, 0) is 4.74 Å². The minimum atomic E-state index is -0.282. The monoisotopic (exact) mass is 302 g/mol. The number of hydrogen-bond donors (Lipinski definition) is 2. The van der Waals surface area contributed by atoms with Crippen LogP contribution in [0.3, 0.4) is 0 Å². The van der Waals surface area contributed by atoms with Crippen LogP contribution in [0.4, 0.5) is 5.69 Å². The predicted molar refractivity (Wildman–Crippen MR) is 76.8 cm³/mol. The van der Waals surface area contributed by atoms with E-state index >= 15 is 0 Å². The molecule has 19 heavy (non-hydrogen) atoms. The highest BCUT2D eigenvalue weighted by molar-refractivity contribution is 6.44. The molecule has 4 nitrogen and oxygen atoms in total. The van der Waals surface area contributed by atoms with Crippen LogP contribution in [-0.4, -0.2) is 24.7 Å². The van der Waals surface area contributed by atoms with Crippen LogP contribution in [0.15, 0.2) is 12.1 Å². The van der Waals surface area contributed by atoms with Crippen molar-refractivity contribution in [3.8, 4) is 0 Å². The molecule has 0 saturated carbocycles. The lowest BCUT2D eigenvalue weighted by molar-refractivity contribution is 0.0423. The summed E-state index contributed by atoms with van der Waals surface area (Å²) in [5.41, 5.74) is 6.13. The average molecular weight is 303 g/mol. The van der Waals surface area contributed by atoms with E-state index in [1.165, 1.54) is 12.1 Å². The molecule has 1 amide bonds. The first kappa shape index (κ1) is 14.4. The van der Waals surface area contributed by atoms with E-state index < -0.39 is 0 Å². The summed E-state index contributed by atoms with van der Waals surface area (Å²) in [5.74, 6) is -0.261. The van der Waals surface area contributed by atoms with Gasteiger partial charge in [-0.25, -0.2) is 0 Å². The Bertz CT molecular complexity index is 500. The standard InChI is InChI=1S/C13H16Cl2N2O2/c1-13(2-4-19-5-3-13)17-12(18)9-6-8(16)7-10(14)11(9)15/h6-7H,2-5,16H2,1H3,(H,17,18). The largest absolute Gasteiger partial charge is 0.399 e. The van der Waals surface area contributed by atoms with Crippen LogP contribution in [0, 0.1) is 0 Å². The lowest BCUT2D eigenvalue weighted by atomic mass is 9.92. The number of carbonyl (C=O) groups is 1. The van der Waals surface area contributed by atoms with Crippen molar-refractivity contribution in [1.82, 2.24) is 5.32 Å². The second kappa shape index (κ2) is 5.57. The number of rotatable bonds is 2. The van der Waals surface area contributed by atoms with Gasteiger partial charge in [0.15, 0.2) is 0 Å². The molecule has 1 heterocycles. The van der Waals surface area contributed by atoms with E-state index in [1.807, 2.05) is 6.92 Å². The van der Waals surface area contributed by atoms with E-state index in [9.17, 15) is 4.79 Å². The number of amides is 1. The molecule has 1 aliphatic rings. The molecule has 6 heteroatoms. The Balaban J connectivity index is 2.20. The molecule has 1 fully saturated rings. The maximum atomic E-state index is 12.3. The topological polar surface area (TPSA) is 64.4 Å². The van der Waals surface area contributed by atoms with Crippen molar-refractivity contribution in [1.29, 1.82) is 0 Å². The van der Waals surface area contributed by atoms with Crippen LogP contribution >= 0.6 is 23.2 Å². The summed E-state index contributed by atoms with van der Waals surface area (Å²) < 4.78 is 5.30. The van der Waals surface area contributed by atoms with Gasteiger partial charge in [-0.2, -0.15) is 0 Å². The molecular formula is C13H16Cl2N2O2. The first-order valence-electron chi connectivity index (χ1n) is 6.06. The molecule has 1 aromatic rings. The molecule has 1 aromatic carbocycles. The maximum Gasteiger partial charge on any atom is 0.253 e. The molecule has 0 bridgehead atoms. The summed E-state index contributed by atoms with van der Waals surface area (Å²) in [6.45, 7) is 3.28. The van der Waals surface area contributed by atoms with Gasteiger partial charge in [0.25, 0.3) is 5.91 Å². The third-order valence-corrected chi connectivity index (χ3v) is 4.11. The second-order valence-corrected chi connectivity index (χ2v) is 5.78. The first-order chi connectivity index (χ1) is 8.91. The number of nitrogens with one attached hydrogen (secondary N) is 1. The van der Waals surface area contributed by atoms with Crippen molar-refractivity contribution in [2.45, 2.75) is 25.3 Å². The van der Waals surface area contributed by atoms with Crippen LogP contribution in [0.5, 0.6) is 0 Å². The number of ether oxygens (including phenoxy) is 1. The zero-order valence-corrected chi connectivity index (χ0v) is 12.1. The fourth-order valence-electron chi connectivity index (χ4n) is 2.06. The molecule has 2 rings (SSSR count). The smallest absolute Gasteiger partial charge is 0.253 e. The normalized spacial score (nSPS) is 18.1. The number of anilines is 1. The zero-order chi connectivity index (χ0) is 14.0. The van der Waals surface area contributed by atoms with E-state index in [0.29, 0.717) is 24.5 Å². The summed E-state index contributed by atoms with van der Waals surface area (Å²) in [6, 6.07) is 3.06. The fourth-order valence-corrected chi connectivity index (χ4v) is 2.49. The number of nitrogen functional groups attached to an aromatic ring is 1. The number of halogens is 2. The quantitative estimate of drug-likeness (QED) is 0.826. The minimum Gasteiger partial charge on any atom is -0.399 e. The van der Waals surface area contributed by atoms with Crippen molar-refractivity contribution in [2.24, 2.45) is 0 Å². The molecule has 0 spiro atoms. The summed E-state index contributed by atoms with van der Waals surface area (Å²) in [5, 5.41) is 3.50. The van der Waals surface area contributed by atoms with Crippen molar-refractivity contribution < 1.29 is 9.53 Å². The fraction of sp³-hybridized carbons (Fsp3) is 0.462. The van der Waals surface area contributed by atoms with Gasteiger partial charge in [-0.15, -0.1) is 0 Å². The third-order valence-electron chi connectivity index (χ3n) is 3.31. The van der Waals surface area contributed by atoms with E-state index in [-0.39, 0.29) is 21.5 Å². The molecule has 0 radical (unpaired) electrons. The van der Waals surface area contributed by atoms with Crippen molar-refractivity contribution >= 4 is 34.8 Å². The van der Waals surface area contributed by atoms with Gasteiger partial charge in [-0.3, -0.25) is 4.79 Å². The van der Waals surface area contributed by atoms with Gasteiger partial charge in [-0.1, -0.05) is 23.2 Å². The van der Waals surface area contributed by atoms with E-state index in [2.05, 4.69) is 5.32 Å². The number of hydrogen-bond acceptors (Lipinski definition) is 3. The highest BCUT2D eigenvalue weighted by Crippen LogP contribution is 2.29. The maximum absolute atomic E-state index is 12.3. The van der Waals surface area contributed by atoms with Gasteiger partial charge in [0.1, 0.15) is 0 Å². The van der Waals surface area contributed by atoms with Gasteiger partial charge in [0.2, 0.25) is 0 Å². The Morgan fingerprint density at radius 3 is 2.63 bits per heavy atom. The van der Waals surface area contributed by atoms with E-state index in [1.54, 1.807) is 0 Å². The molecule has 1 aliphatic heterocycles. The van der Waals surface area contributed by atoms with Crippen LogP contribution in [0.25, 0.3) is 0 Å². The molecule has 1 saturated heterocycles. The lowest BCUT2D eigenvalue weighted by Gasteiger charge is -2.34. The van der Waals surface area contributed by atoms with E-state index in [4.69, 9.17) is 33.7 Å². The summed E-state index contributed by atoms with van der Waals surface area (Å²) >= 11 is 12.0. The van der Waals surface area contributed by atoms with Gasteiger partial charge in [-0.05, 0) is 31.9 Å². The average Bonchev–Trinajstić information content (AvgIpc) is 2.34. The van der Waals surface area contributed by atoms with Crippen molar-refractivity contribution in [3.05, 3.63) is 27.7 Å². The van der Waals surface area contributed by atoms with Gasteiger partial charge >= 0.3 is 0 Å². The third kappa shape index (κ3) is 3.32. The van der Waals surface area contributed by atoms with Crippen molar-refractivity contribution in [2.75, 3.05) is 18.9 Å². The highest BCUT2D eigenvalue weighted by atomic mass is 35.5. The number of benzene rings is 1. The van der Waals surface area contributed by atoms with Gasteiger partial charge < -0.3 is 15.8 Å². The Labute approximate surface area is 122 Å². The molecule has 0 aromatic heterocycles. The predicted octanol–water partition coefficient (Wildman–Crippen LogP) is 2.87.